The van der Waals surface area contributed by atoms with E-state index in [-0.39, 0.29) is 0 Å². The predicted molar refractivity (Wildman–Crippen MR) is 69.0 cm³/mol. The lowest BCUT2D eigenvalue weighted by Gasteiger charge is -2.01. The molecule has 0 saturated heterocycles. The molecule has 0 heterocycles. The van der Waals surface area contributed by atoms with Crippen LogP contribution >= 0.6 is 0 Å². The van der Waals surface area contributed by atoms with Crippen molar-refractivity contribution < 1.29 is 0 Å². The highest BCUT2D eigenvalue weighted by Gasteiger charge is 1.93. The molecular formula is C15H22. The molecule has 1 aromatic rings. The lowest BCUT2D eigenvalue weighted by atomic mass is 10.0. The van der Waals surface area contributed by atoms with Crippen molar-refractivity contribution in [3.8, 4) is 0 Å². The van der Waals surface area contributed by atoms with Crippen LogP contribution in [-0.2, 0) is 6.42 Å². The van der Waals surface area contributed by atoms with Gasteiger partial charge >= 0.3 is 0 Å². The van der Waals surface area contributed by atoms with Gasteiger partial charge in [0.05, 0.1) is 0 Å². The molecule has 0 saturated carbocycles. The SMILES string of the molecule is C/C=C\c1ccc(CCCCCC)cc1. The van der Waals surface area contributed by atoms with Crippen molar-refractivity contribution in [2.24, 2.45) is 0 Å². The van der Waals surface area contributed by atoms with E-state index >= 15 is 0 Å². The summed E-state index contributed by atoms with van der Waals surface area (Å²) in [7, 11) is 0. The average Bonchev–Trinajstić information content (AvgIpc) is 2.27. The van der Waals surface area contributed by atoms with E-state index in [1.165, 1.54) is 43.2 Å². The summed E-state index contributed by atoms with van der Waals surface area (Å²) >= 11 is 0. The minimum absolute atomic E-state index is 1.23. The Kier molecular flexibility index (Phi) is 5.84. The van der Waals surface area contributed by atoms with Gasteiger partial charge in [-0.05, 0) is 30.9 Å². The number of hydrogen-bond donors (Lipinski definition) is 0. The largest absolute Gasteiger partial charge is 0.0871 e. The minimum Gasteiger partial charge on any atom is -0.0871 e. The second kappa shape index (κ2) is 7.28. The molecule has 0 bridgehead atoms. The summed E-state index contributed by atoms with van der Waals surface area (Å²) in [4.78, 5) is 0. The highest BCUT2D eigenvalue weighted by Crippen LogP contribution is 2.10. The maximum atomic E-state index is 2.26. The van der Waals surface area contributed by atoms with Crippen LogP contribution in [0.25, 0.3) is 6.08 Å². The van der Waals surface area contributed by atoms with E-state index in [1.807, 2.05) is 0 Å². The fraction of sp³-hybridized carbons (Fsp3) is 0.467. The second-order valence-electron chi connectivity index (χ2n) is 4.05. The van der Waals surface area contributed by atoms with Crippen LogP contribution in [0.1, 0.15) is 50.7 Å². The van der Waals surface area contributed by atoms with Gasteiger partial charge in [0.1, 0.15) is 0 Å². The number of allylic oxidation sites excluding steroid dienone is 1. The van der Waals surface area contributed by atoms with Crippen LogP contribution in [0.2, 0.25) is 0 Å². The number of unbranched alkanes of at least 4 members (excludes halogenated alkanes) is 3. The van der Waals surface area contributed by atoms with Gasteiger partial charge in [0, 0.05) is 0 Å². The number of hydrogen-bond acceptors (Lipinski definition) is 0. The first-order chi connectivity index (χ1) is 7.36. The molecule has 1 rings (SSSR count). The third kappa shape index (κ3) is 4.83. The van der Waals surface area contributed by atoms with Crippen LogP contribution in [-0.4, -0.2) is 0 Å². The molecule has 0 spiro atoms. The Bertz CT molecular complexity index is 279. The molecule has 0 N–H and O–H groups in total. The zero-order chi connectivity index (χ0) is 10.9. The van der Waals surface area contributed by atoms with Crippen LogP contribution in [0.15, 0.2) is 30.3 Å². The molecular weight excluding hydrogens is 180 g/mol. The summed E-state index contributed by atoms with van der Waals surface area (Å²) in [5.74, 6) is 0. The molecule has 82 valence electrons. The third-order valence-electron chi connectivity index (χ3n) is 2.66. The van der Waals surface area contributed by atoms with E-state index in [0.717, 1.165) is 0 Å². The van der Waals surface area contributed by atoms with E-state index in [4.69, 9.17) is 0 Å². The molecule has 0 heteroatoms. The molecule has 0 aliphatic heterocycles. The van der Waals surface area contributed by atoms with Gasteiger partial charge in [-0.25, -0.2) is 0 Å². The molecule has 0 aromatic heterocycles. The van der Waals surface area contributed by atoms with E-state index in [0.29, 0.717) is 0 Å². The predicted octanol–water partition coefficient (Wildman–Crippen LogP) is 4.84. The molecule has 0 fully saturated rings. The summed E-state index contributed by atoms with van der Waals surface area (Å²) < 4.78 is 0. The molecule has 1 aromatic carbocycles. The standard InChI is InChI=1S/C15H22/c1-3-5-6-7-9-15-12-10-14(8-4-2)11-13-15/h4,8,10-13H,3,5-7,9H2,1-2H3/b8-4-. The van der Waals surface area contributed by atoms with E-state index in [9.17, 15) is 0 Å². The van der Waals surface area contributed by atoms with Crippen LogP contribution in [0.4, 0.5) is 0 Å². The first kappa shape index (κ1) is 12.0. The van der Waals surface area contributed by atoms with Crippen LogP contribution < -0.4 is 0 Å². The van der Waals surface area contributed by atoms with Gasteiger partial charge in [-0.3, -0.25) is 0 Å². The molecule has 0 unspecified atom stereocenters. The highest BCUT2D eigenvalue weighted by molar-refractivity contribution is 5.49. The first-order valence-corrected chi connectivity index (χ1v) is 6.08. The Hall–Kier alpha value is -1.04. The zero-order valence-corrected chi connectivity index (χ0v) is 10.00. The number of rotatable bonds is 6. The van der Waals surface area contributed by atoms with Gasteiger partial charge in [0.15, 0.2) is 0 Å². The van der Waals surface area contributed by atoms with Crippen molar-refractivity contribution in [3.63, 3.8) is 0 Å². The van der Waals surface area contributed by atoms with Crippen molar-refractivity contribution in [2.75, 3.05) is 0 Å². The number of aryl methyl sites for hydroxylation is 1. The Labute approximate surface area is 94.0 Å². The fourth-order valence-electron chi connectivity index (χ4n) is 1.74. The summed E-state index contributed by atoms with van der Waals surface area (Å²) in [6.07, 6.45) is 10.8. The van der Waals surface area contributed by atoms with E-state index < -0.39 is 0 Å². The Morgan fingerprint density at radius 1 is 1.00 bits per heavy atom. The van der Waals surface area contributed by atoms with Crippen molar-refractivity contribution in [1.82, 2.24) is 0 Å². The fourth-order valence-corrected chi connectivity index (χ4v) is 1.74. The van der Waals surface area contributed by atoms with Crippen molar-refractivity contribution in [3.05, 3.63) is 41.5 Å². The smallest absolute Gasteiger partial charge is 0.0260 e. The summed E-state index contributed by atoms with van der Waals surface area (Å²) in [6, 6.07) is 8.91. The van der Waals surface area contributed by atoms with Crippen molar-refractivity contribution >= 4 is 6.08 Å². The van der Waals surface area contributed by atoms with Gasteiger partial charge in [0.2, 0.25) is 0 Å². The van der Waals surface area contributed by atoms with Gasteiger partial charge in [-0.2, -0.15) is 0 Å². The maximum absolute atomic E-state index is 2.26. The van der Waals surface area contributed by atoms with Gasteiger partial charge in [-0.15, -0.1) is 0 Å². The molecule has 0 amide bonds. The molecule has 0 nitrogen and oxygen atoms in total. The topological polar surface area (TPSA) is 0 Å². The zero-order valence-electron chi connectivity index (χ0n) is 10.00. The van der Waals surface area contributed by atoms with Gasteiger partial charge < -0.3 is 0 Å². The van der Waals surface area contributed by atoms with E-state index in [1.54, 1.807) is 0 Å². The second-order valence-corrected chi connectivity index (χ2v) is 4.05. The lowest BCUT2D eigenvalue weighted by Crippen LogP contribution is -1.85. The molecule has 15 heavy (non-hydrogen) atoms. The van der Waals surface area contributed by atoms with Gasteiger partial charge in [-0.1, -0.05) is 62.6 Å². The summed E-state index contributed by atoms with van der Waals surface area (Å²) in [5, 5.41) is 0. The Morgan fingerprint density at radius 2 is 1.73 bits per heavy atom. The quantitative estimate of drug-likeness (QED) is 0.579. The summed E-state index contributed by atoms with van der Waals surface area (Å²) in [5.41, 5.74) is 2.77. The van der Waals surface area contributed by atoms with Crippen molar-refractivity contribution in [1.29, 1.82) is 0 Å². The molecule has 0 radical (unpaired) electrons. The average molecular weight is 202 g/mol. The molecule has 0 atom stereocenters. The Morgan fingerprint density at radius 3 is 2.33 bits per heavy atom. The highest BCUT2D eigenvalue weighted by atomic mass is 14.0. The lowest BCUT2D eigenvalue weighted by molar-refractivity contribution is 0.667. The minimum atomic E-state index is 1.23. The van der Waals surface area contributed by atoms with Gasteiger partial charge in [0.25, 0.3) is 0 Å². The molecule has 0 aliphatic carbocycles. The van der Waals surface area contributed by atoms with Crippen LogP contribution in [0, 0.1) is 0 Å². The maximum Gasteiger partial charge on any atom is -0.0260 e. The third-order valence-corrected chi connectivity index (χ3v) is 2.66. The normalized spacial score (nSPS) is 11.1. The molecule has 0 aliphatic rings. The van der Waals surface area contributed by atoms with Crippen LogP contribution in [0.3, 0.4) is 0 Å². The number of benzene rings is 1. The summed E-state index contributed by atoms with van der Waals surface area (Å²) in [6.45, 7) is 4.31. The van der Waals surface area contributed by atoms with E-state index in [2.05, 4.69) is 50.3 Å². The van der Waals surface area contributed by atoms with Crippen LogP contribution in [0.5, 0.6) is 0 Å². The first-order valence-electron chi connectivity index (χ1n) is 6.08. The Balaban J connectivity index is 2.36. The van der Waals surface area contributed by atoms with Crippen molar-refractivity contribution in [2.45, 2.75) is 46.0 Å². The monoisotopic (exact) mass is 202 g/mol.